The van der Waals surface area contributed by atoms with Gasteiger partial charge in [-0.3, -0.25) is 4.72 Å². The first-order chi connectivity index (χ1) is 14.0. The van der Waals surface area contributed by atoms with Crippen molar-refractivity contribution < 1.29 is 32.2 Å². The van der Waals surface area contributed by atoms with Gasteiger partial charge in [0.25, 0.3) is 10.0 Å². The molecule has 2 heterocycles. The lowest BCUT2D eigenvalue weighted by molar-refractivity contribution is -0.146. The minimum Gasteiger partial charge on any atom is -0.492 e. The molecule has 0 unspecified atom stereocenters. The molecule has 1 saturated carbocycles. The fourth-order valence-electron chi connectivity index (χ4n) is 2.94. The number of thiophene rings is 1. The zero-order chi connectivity index (χ0) is 20.4. The van der Waals surface area contributed by atoms with E-state index >= 15 is 0 Å². The molecule has 8 nitrogen and oxygen atoms in total. The molecular weight excluding hydrogens is 418 g/mol. The van der Waals surface area contributed by atoms with Gasteiger partial charge in [0.05, 0.1) is 12.8 Å². The molecule has 1 aromatic heterocycles. The van der Waals surface area contributed by atoms with E-state index in [1.807, 2.05) is 0 Å². The average Bonchev–Trinajstić information content (AvgIpc) is 3.34. The van der Waals surface area contributed by atoms with Crippen molar-refractivity contribution in [1.29, 1.82) is 0 Å². The number of nitrogens with one attached hydrogen (secondary N) is 1. The maximum atomic E-state index is 12.6. The molecule has 0 amide bonds. The van der Waals surface area contributed by atoms with E-state index in [0.29, 0.717) is 11.3 Å². The van der Waals surface area contributed by atoms with Crippen LogP contribution in [0.25, 0.3) is 6.08 Å². The van der Waals surface area contributed by atoms with Gasteiger partial charge in [0.1, 0.15) is 10.3 Å². The van der Waals surface area contributed by atoms with Gasteiger partial charge in [0.15, 0.2) is 11.5 Å². The molecule has 1 aliphatic carbocycles. The van der Waals surface area contributed by atoms with Crippen LogP contribution in [-0.4, -0.2) is 34.4 Å². The molecule has 29 heavy (non-hydrogen) atoms. The van der Waals surface area contributed by atoms with E-state index in [9.17, 15) is 13.2 Å². The van der Waals surface area contributed by atoms with Crippen molar-refractivity contribution in [2.75, 3.05) is 18.6 Å². The molecule has 154 valence electrons. The Hall–Kier alpha value is -2.72. The molecular formula is C19H19NO7S2. The summed E-state index contributed by atoms with van der Waals surface area (Å²) in [5.41, 5.74) is 0.643. The van der Waals surface area contributed by atoms with E-state index < -0.39 is 16.0 Å². The third-order valence-electron chi connectivity index (χ3n) is 4.57. The summed E-state index contributed by atoms with van der Waals surface area (Å²) in [6.45, 7) is -0.0731. The van der Waals surface area contributed by atoms with Crippen LogP contribution in [0.5, 0.6) is 17.2 Å². The van der Waals surface area contributed by atoms with Crippen molar-refractivity contribution in [2.24, 2.45) is 0 Å². The third-order valence-corrected chi connectivity index (χ3v) is 7.33. The predicted molar refractivity (Wildman–Crippen MR) is 107 cm³/mol. The number of fused-ring (bicyclic) bond motifs is 1. The highest BCUT2D eigenvalue weighted by molar-refractivity contribution is 7.94. The smallest absolute Gasteiger partial charge is 0.331 e. The molecule has 0 atom stereocenters. The third kappa shape index (κ3) is 4.03. The molecule has 4 rings (SSSR count). The summed E-state index contributed by atoms with van der Waals surface area (Å²) in [7, 11) is -2.34. The first-order valence-electron chi connectivity index (χ1n) is 8.93. The fourth-order valence-corrected chi connectivity index (χ4v) is 4.98. The monoisotopic (exact) mass is 437 g/mol. The van der Waals surface area contributed by atoms with Crippen LogP contribution >= 0.6 is 11.3 Å². The lowest BCUT2D eigenvalue weighted by Gasteiger charge is -2.24. The summed E-state index contributed by atoms with van der Waals surface area (Å²) in [6, 6.07) is 4.69. The Morgan fingerprint density at radius 3 is 2.76 bits per heavy atom. The number of esters is 1. The second-order valence-electron chi connectivity index (χ2n) is 6.47. The highest BCUT2D eigenvalue weighted by atomic mass is 32.2. The van der Waals surface area contributed by atoms with Crippen molar-refractivity contribution in [3.8, 4) is 17.2 Å². The molecule has 1 aliphatic heterocycles. The quantitative estimate of drug-likeness (QED) is 0.523. The van der Waals surface area contributed by atoms with Crippen molar-refractivity contribution in [3.63, 3.8) is 0 Å². The van der Waals surface area contributed by atoms with Crippen molar-refractivity contribution in [2.45, 2.75) is 29.6 Å². The van der Waals surface area contributed by atoms with E-state index in [1.165, 1.54) is 31.4 Å². The van der Waals surface area contributed by atoms with Crippen LogP contribution in [-0.2, 0) is 19.6 Å². The maximum Gasteiger partial charge on any atom is 0.331 e. The molecule has 2 aliphatic rings. The van der Waals surface area contributed by atoms with Gasteiger partial charge in [-0.2, -0.15) is 0 Å². The molecule has 1 fully saturated rings. The summed E-state index contributed by atoms with van der Waals surface area (Å²) < 4.78 is 49.6. The fraction of sp³-hybridized carbons (Fsp3) is 0.316. The van der Waals surface area contributed by atoms with E-state index in [2.05, 4.69) is 4.72 Å². The van der Waals surface area contributed by atoms with Gasteiger partial charge in [-0.15, -0.1) is 11.3 Å². The first kappa shape index (κ1) is 19.6. The number of benzene rings is 1. The highest BCUT2D eigenvalue weighted by Gasteiger charge is 2.28. The molecule has 10 heteroatoms. The standard InChI is InChI=1S/C19H19NO7S2/c1-24-17-12(7-8-15(21)27-13-4-2-5-13)10-14(18-19(17)26-11-25-18)20-29(22,23)16-6-3-9-28-16/h3,6-10,13,20H,2,4-5,11H2,1H3. The van der Waals surface area contributed by atoms with Gasteiger partial charge in [0.2, 0.25) is 12.5 Å². The van der Waals surface area contributed by atoms with Crippen LogP contribution in [0.1, 0.15) is 24.8 Å². The number of anilines is 1. The maximum absolute atomic E-state index is 12.6. The molecule has 0 bridgehead atoms. The number of sulfonamides is 1. The molecule has 1 N–H and O–H groups in total. The molecule has 0 spiro atoms. The van der Waals surface area contributed by atoms with Gasteiger partial charge in [-0.05, 0) is 42.9 Å². The number of rotatable bonds is 7. The normalized spacial score (nSPS) is 15.9. The van der Waals surface area contributed by atoms with E-state index in [0.717, 1.165) is 30.6 Å². The van der Waals surface area contributed by atoms with Gasteiger partial charge in [-0.1, -0.05) is 6.07 Å². The second-order valence-corrected chi connectivity index (χ2v) is 9.33. The van der Waals surface area contributed by atoms with Crippen LogP contribution in [0, 0.1) is 0 Å². The van der Waals surface area contributed by atoms with Crippen LogP contribution in [0.3, 0.4) is 0 Å². The number of carbonyl (C=O) groups excluding carboxylic acids is 1. The summed E-state index contributed by atoms with van der Waals surface area (Å²) in [5, 5.41) is 1.68. The van der Waals surface area contributed by atoms with Gasteiger partial charge in [-0.25, -0.2) is 13.2 Å². The molecule has 1 aromatic carbocycles. The van der Waals surface area contributed by atoms with E-state index in [1.54, 1.807) is 11.4 Å². The Kier molecular flexibility index (Phi) is 5.37. The lowest BCUT2D eigenvalue weighted by Crippen LogP contribution is -2.23. The Morgan fingerprint density at radius 2 is 2.10 bits per heavy atom. The molecule has 0 radical (unpaired) electrons. The summed E-state index contributed by atoms with van der Waals surface area (Å²) >= 11 is 1.10. The number of hydrogen-bond donors (Lipinski definition) is 1. The Labute approximate surface area is 172 Å². The minimum absolute atomic E-state index is 0.0287. The average molecular weight is 437 g/mol. The molecule has 0 saturated heterocycles. The number of ether oxygens (including phenoxy) is 4. The van der Waals surface area contributed by atoms with Gasteiger partial charge >= 0.3 is 5.97 Å². The zero-order valence-electron chi connectivity index (χ0n) is 15.5. The zero-order valence-corrected chi connectivity index (χ0v) is 17.2. The Bertz CT molecular complexity index is 1040. The Balaban J connectivity index is 1.66. The van der Waals surface area contributed by atoms with Gasteiger partial charge < -0.3 is 18.9 Å². The number of hydrogen-bond acceptors (Lipinski definition) is 8. The van der Waals surface area contributed by atoms with E-state index in [4.69, 9.17) is 18.9 Å². The topological polar surface area (TPSA) is 100 Å². The summed E-state index contributed by atoms with van der Waals surface area (Å²) in [6.07, 6.45) is 5.58. The number of carbonyl (C=O) groups is 1. The van der Waals surface area contributed by atoms with Crippen molar-refractivity contribution in [1.82, 2.24) is 0 Å². The van der Waals surface area contributed by atoms with Crippen molar-refractivity contribution >= 4 is 39.1 Å². The summed E-state index contributed by atoms with van der Waals surface area (Å²) in [4.78, 5) is 12.0. The molecule has 2 aromatic rings. The highest BCUT2D eigenvalue weighted by Crippen LogP contribution is 2.49. The van der Waals surface area contributed by atoms with Crippen LogP contribution in [0.4, 0.5) is 5.69 Å². The number of methoxy groups -OCH3 is 1. The Morgan fingerprint density at radius 1 is 1.31 bits per heavy atom. The van der Waals surface area contributed by atoms with Crippen LogP contribution in [0.2, 0.25) is 0 Å². The van der Waals surface area contributed by atoms with Crippen molar-refractivity contribution in [3.05, 3.63) is 35.2 Å². The minimum atomic E-state index is -3.79. The largest absolute Gasteiger partial charge is 0.492 e. The predicted octanol–water partition coefficient (Wildman–Crippen LogP) is 3.40. The first-order valence-corrected chi connectivity index (χ1v) is 11.3. The van der Waals surface area contributed by atoms with Gasteiger partial charge in [0, 0.05) is 11.6 Å². The summed E-state index contributed by atoms with van der Waals surface area (Å²) in [5.74, 6) is 0.376. The SMILES string of the molecule is COc1c(C=CC(=O)OC2CCC2)cc(NS(=O)(=O)c2cccs2)c2c1OCO2. The second kappa shape index (κ2) is 7.96. The lowest BCUT2D eigenvalue weighted by atomic mass is 9.96. The van der Waals surface area contributed by atoms with E-state index in [-0.39, 0.29) is 34.3 Å². The van der Waals surface area contributed by atoms with Crippen LogP contribution in [0.15, 0.2) is 33.9 Å². The van der Waals surface area contributed by atoms with Crippen LogP contribution < -0.4 is 18.9 Å².